The molecule has 3 rings (SSSR count). The third-order valence-corrected chi connectivity index (χ3v) is 6.98. The first-order valence-electron chi connectivity index (χ1n) is 12.8. The molecule has 212 valence electrons. The van der Waals surface area contributed by atoms with Crippen molar-refractivity contribution in [3.63, 3.8) is 0 Å². The first-order chi connectivity index (χ1) is 18.6. The molecule has 0 fully saturated rings. The zero-order chi connectivity index (χ0) is 28.5. The number of quaternary nitrogens is 1. The van der Waals surface area contributed by atoms with Crippen LogP contribution in [0.3, 0.4) is 0 Å². The highest BCUT2D eigenvalue weighted by atomic mass is 19.4. The van der Waals surface area contributed by atoms with Gasteiger partial charge in [0.15, 0.2) is 23.0 Å². The second-order valence-corrected chi connectivity index (χ2v) is 9.51. The Morgan fingerprint density at radius 3 is 2.00 bits per heavy atom. The number of hydrogen-bond acceptors (Lipinski definition) is 5. The summed E-state index contributed by atoms with van der Waals surface area (Å²) in [5.41, 5.74) is 1.81. The number of likely N-dealkylation sites (N-methyl/N-ethyl adjacent to an activating group) is 1. The summed E-state index contributed by atoms with van der Waals surface area (Å²) in [7, 11) is 8.59. The predicted octanol–water partition coefficient (Wildman–Crippen LogP) is 6.10. The average molecular weight is 548 g/mol. The lowest BCUT2D eigenvalue weighted by Gasteiger charge is -2.35. The minimum Gasteiger partial charge on any atom is -0.493 e. The van der Waals surface area contributed by atoms with E-state index < -0.39 is 11.7 Å². The van der Waals surface area contributed by atoms with E-state index in [-0.39, 0.29) is 12.1 Å². The molecule has 0 spiro atoms. The average Bonchev–Trinajstić information content (AvgIpc) is 2.95. The molecule has 1 N–H and O–H groups in total. The number of methoxy groups -OCH3 is 4. The third-order valence-electron chi connectivity index (χ3n) is 6.98. The van der Waals surface area contributed by atoms with Crippen molar-refractivity contribution in [2.24, 2.45) is 0 Å². The summed E-state index contributed by atoms with van der Waals surface area (Å²) in [6.07, 6.45) is -2.84. The maximum absolute atomic E-state index is 13.3. The number of nitrogens with zero attached hydrogens (tertiary/aromatic N) is 1. The van der Waals surface area contributed by atoms with E-state index in [2.05, 4.69) is 12.4 Å². The van der Waals surface area contributed by atoms with Gasteiger partial charge in [0.25, 0.3) is 0 Å². The molecule has 6 nitrogen and oxygen atoms in total. The van der Waals surface area contributed by atoms with Gasteiger partial charge in [-0.1, -0.05) is 24.3 Å². The Bertz CT molecular complexity index is 1220. The minimum atomic E-state index is -4.37. The topological polar surface area (TPSA) is 49.0 Å². The van der Waals surface area contributed by atoms with Crippen LogP contribution in [0.2, 0.25) is 0 Å². The van der Waals surface area contributed by atoms with Gasteiger partial charge >= 0.3 is 6.18 Å². The molecule has 0 bridgehead atoms. The van der Waals surface area contributed by atoms with Crippen LogP contribution in [0, 0.1) is 0 Å². The van der Waals surface area contributed by atoms with Crippen LogP contribution in [-0.4, -0.2) is 55.1 Å². The summed E-state index contributed by atoms with van der Waals surface area (Å²) >= 11 is 0. The SMILES string of the molecule is COc1ccc(CC[N+](C)(CCCNCc2ccccc2C(F)(F)F)c2ccc(OC)c(OC)c2)cc1OC. The first-order valence-corrected chi connectivity index (χ1v) is 12.8. The van der Waals surface area contributed by atoms with E-state index in [4.69, 9.17) is 18.9 Å². The molecule has 1 atom stereocenters. The van der Waals surface area contributed by atoms with Crippen molar-refractivity contribution in [2.75, 3.05) is 55.1 Å². The molecule has 0 aliphatic rings. The summed E-state index contributed by atoms with van der Waals surface area (Å²) in [5.74, 6) is 2.65. The second kappa shape index (κ2) is 13.6. The molecule has 0 radical (unpaired) electrons. The molecule has 0 aliphatic heterocycles. The summed E-state index contributed by atoms with van der Waals surface area (Å²) in [4.78, 5) is 0. The highest BCUT2D eigenvalue weighted by molar-refractivity contribution is 5.54. The number of alkyl halides is 3. The Balaban J connectivity index is 1.74. The highest BCUT2D eigenvalue weighted by Crippen LogP contribution is 2.35. The fraction of sp³-hybridized carbons (Fsp3) is 0.400. The van der Waals surface area contributed by atoms with E-state index in [0.717, 1.165) is 43.2 Å². The fourth-order valence-corrected chi connectivity index (χ4v) is 4.67. The van der Waals surface area contributed by atoms with Gasteiger partial charge in [-0.3, -0.25) is 4.48 Å². The molecule has 0 heterocycles. The summed E-state index contributed by atoms with van der Waals surface area (Å²) in [5, 5.41) is 3.20. The van der Waals surface area contributed by atoms with Gasteiger partial charge < -0.3 is 24.3 Å². The van der Waals surface area contributed by atoms with Gasteiger partial charge in [0.2, 0.25) is 0 Å². The number of nitrogens with one attached hydrogen (secondary N) is 1. The van der Waals surface area contributed by atoms with Gasteiger partial charge in [-0.15, -0.1) is 0 Å². The Hall–Kier alpha value is -3.43. The molecule has 3 aromatic carbocycles. The number of rotatable bonds is 14. The van der Waals surface area contributed by atoms with Crippen molar-refractivity contribution >= 4 is 5.69 Å². The summed E-state index contributed by atoms with van der Waals surface area (Å²) in [6, 6.07) is 17.5. The molecule has 0 saturated carbocycles. The van der Waals surface area contributed by atoms with Gasteiger partial charge in [0.1, 0.15) is 5.69 Å². The van der Waals surface area contributed by atoms with Crippen LogP contribution < -0.4 is 28.7 Å². The van der Waals surface area contributed by atoms with E-state index in [1.807, 2.05) is 36.4 Å². The highest BCUT2D eigenvalue weighted by Gasteiger charge is 2.32. The van der Waals surface area contributed by atoms with E-state index in [1.54, 1.807) is 34.5 Å². The van der Waals surface area contributed by atoms with Crippen LogP contribution in [0.1, 0.15) is 23.1 Å². The van der Waals surface area contributed by atoms with E-state index in [9.17, 15) is 13.2 Å². The van der Waals surface area contributed by atoms with Crippen molar-refractivity contribution in [1.82, 2.24) is 9.80 Å². The van der Waals surface area contributed by atoms with Gasteiger partial charge in [-0.2, -0.15) is 13.2 Å². The van der Waals surface area contributed by atoms with Gasteiger partial charge in [-0.25, -0.2) is 0 Å². The van der Waals surface area contributed by atoms with Crippen molar-refractivity contribution in [1.29, 1.82) is 0 Å². The molecule has 1 unspecified atom stereocenters. The second-order valence-electron chi connectivity index (χ2n) is 9.51. The van der Waals surface area contributed by atoms with Gasteiger partial charge in [0.05, 0.1) is 54.1 Å². The minimum absolute atomic E-state index is 0.154. The smallest absolute Gasteiger partial charge is 0.416 e. The molecular weight excluding hydrogens is 509 g/mol. The van der Waals surface area contributed by atoms with Crippen LogP contribution >= 0.6 is 0 Å². The number of hydrogen-bond donors (Lipinski definition) is 1. The molecule has 0 aliphatic carbocycles. The molecule has 0 aromatic heterocycles. The molecule has 0 amide bonds. The van der Waals surface area contributed by atoms with Crippen molar-refractivity contribution in [2.45, 2.75) is 25.6 Å². The van der Waals surface area contributed by atoms with E-state index >= 15 is 0 Å². The van der Waals surface area contributed by atoms with Crippen LogP contribution in [-0.2, 0) is 19.1 Å². The quantitative estimate of drug-likeness (QED) is 0.195. The van der Waals surface area contributed by atoms with E-state index in [1.165, 1.54) is 12.1 Å². The van der Waals surface area contributed by atoms with Crippen LogP contribution in [0.5, 0.6) is 23.0 Å². The summed E-state index contributed by atoms with van der Waals surface area (Å²) in [6.45, 7) is 2.27. The Kier molecular flexibility index (Phi) is 10.5. The lowest BCUT2D eigenvalue weighted by molar-refractivity contribution is -0.138. The molecule has 0 saturated heterocycles. The van der Waals surface area contributed by atoms with Gasteiger partial charge in [0, 0.05) is 38.1 Å². The fourth-order valence-electron chi connectivity index (χ4n) is 4.67. The maximum atomic E-state index is 13.3. The lowest BCUT2D eigenvalue weighted by Crippen LogP contribution is -2.48. The zero-order valence-corrected chi connectivity index (χ0v) is 23.2. The van der Waals surface area contributed by atoms with Crippen LogP contribution in [0.15, 0.2) is 60.7 Å². The number of benzene rings is 3. The molecular formula is C30H38F3N2O4+. The largest absolute Gasteiger partial charge is 0.493 e. The third kappa shape index (κ3) is 7.80. The van der Waals surface area contributed by atoms with Crippen LogP contribution in [0.4, 0.5) is 18.9 Å². The van der Waals surface area contributed by atoms with Crippen molar-refractivity contribution in [3.05, 3.63) is 77.4 Å². The Morgan fingerprint density at radius 2 is 1.36 bits per heavy atom. The van der Waals surface area contributed by atoms with E-state index in [0.29, 0.717) is 34.0 Å². The Morgan fingerprint density at radius 1 is 0.744 bits per heavy atom. The molecule has 3 aromatic rings. The number of ether oxygens (including phenoxy) is 4. The monoisotopic (exact) mass is 547 g/mol. The van der Waals surface area contributed by atoms with Gasteiger partial charge in [-0.05, 0) is 35.4 Å². The zero-order valence-electron chi connectivity index (χ0n) is 23.2. The Labute approximate surface area is 228 Å². The predicted molar refractivity (Wildman–Crippen MR) is 148 cm³/mol. The normalized spacial score (nSPS) is 13.0. The van der Waals surface area contributed by atoms with Crippen molar-refractivity contribution in [3.8, 4) is 23.0 Å². The summed E-state index contributed by atoms with van der Waals surface area (Å²) < 4.78 is 62.4. The van der Waals surface area contributed by atoms with Crippen molar-refractivity contribution < 1.29 is 32.1 Å². The molecule has 39 heavy (non-hydrogen) atoms. The maximum Gasteiger partial charge on any atom is 0.416 e. The first kappa shape index (κ1) is 30.1. The molecule has 9 heteroatoms. The van der Waals surface area contributed by atoms with Crippen LogP contribution in [0.25, 0.3) is 0 Å². The lowest BCUT2D eigenvalue weighted by atomic mass is 10.1. The standard InChI is InChI=1S/C30H38F3N2O4/c1-35(24-12-14-27(37-3)29(20-24)39-5,18-15-22-11-13-26(36-2)28(19-22)38-4)17-8-16-34-21-23-9-6-7-10-25(23)30(31,32)33/h6-7,9-14,19-20,34H,8,15-18,21H2,1-5H3/q+1. The number of halogens is 3.